The molecule has 0 aromatic heterocycles. The molecule has 0 aliphatic carbocycles. The summed E-state index contributed by atoms with van der Waals surface area (Å²) in [6.07, 6.45) is 52.5. The van der Waals surface area contributed by atoms with E-state index in [0.717, 1.165) is 25.0 Å². The molecular weight excluding hydrogens is 661 g/mol. The summed E-state index contributed by atoms with van der Waals surface area (Å²) in [6, 6.07) is 0. The first-order valence-electron chi connectivity index (χ1n) is 23.8. The largest absolute Gasteiger partial charge is 0.396 e. The summed E-state index contributed by atoms with van der Waals surface area (Å²) in [6.45, 7) is 9.83. The summed E-state index contributed by atoms with van der Waals surface area (Å²) >= 11 is 0. The maximum atomic E-state index is 11.2. The Morgan fingerprint density at radius 2 is 0.596 bits per heavy atom. The molecule has 0 unspecified atom stereocenters. The fourth-order valence-electron chi connectivity index (χ4n) is 7.68. The molecule has 0 spiro atoms. The third-order valence-electron chi connectivity index (χ3n) is 11.2. The molecule has 0 aliphatic rings. The average molecular weight is 759 g/mol. The van der Waals surface area contributed by atoms with E-state index in [4.69, 9.17) is 4.18 Å². The van der Waals surface area contributed by atoms with Crippen LogP contribution in [0.25, 0.3) is 0 Å². The van der Waals surface area contributed by atoms with Gasteiger partial charge in [0.2, 0.25) is 0 Å². The van der Waals surface area contributed by atoms with Crippen molar-refractivity contribution in [3.8, 4) is 0 Å². The third-order valence-corrected chi connectivity index (χ3v) is 11.8. The summed E-state index contributed by atoms with van der Waals surface area (Å²) in [4.78, 5) is 0. The molecule has 52 heavy (non-hydrogen) atoms. The fraction of sp³-hybridized carbons (Fsp3) is 1.00. The van der Waals surface area contributed by atoms with Crippen LogP contribution in [0, 0.1) is 11.8 Å². The van der Waals surface area contributed by atoms with Gasteiger partial charge in [-0.1, -0.05) is 259 Å². The van der Waals surface area contributed by atoms with Crippen LogP contribution in [0.3, 0.4) is 0 Å². The van der Waals surface area contributed by atoms with Gasteiger partial charge in [0, 0.05) is 6.61 Å². The number of aliphatic hydroxyl groups excluding tert-OH is 1. The number of hydrogen-bond donors (Lipinski definition) is 1. The first-order chi connectivity index (χ1) is 25.3. The van der Waals surface area contributed by atoms with E-state index in [1.807, 2.05) is 0 Å². The zero-order valence-electron chi connectivity index (χ0n) is 36.5. The Kier molecular flexibility index (Phi) is 47.0. The predicted octanol–water partition coefficient (Wildman–Crippen LogP) is 16.1. The van der Waals surface area contributed by atoms with Gasteiger partial charge in [-0.2, -0.15) is 8.42 Å². The molecule has 0 radical (unpaired) electrons. The average Bonchev–Trinajstić information content (AvgIpc) is 3.12. The summed E-state index contributed by atoms with van der Waals surface area (Å²) < 4.78 is 27.3. The van der Waals surface area contributed by atoms with Crippen molar-refractivity contribution < 1.29 is 17.7 Å². The first-order valence-corrected chi connectivity index (χ1v) is 25.6. The molecule has 0 bridgehead atoms. The van der Waals surface area contributed by atoms with Gasteiger partial charge in [-0.15, -0.1) is 0 Å². The van der Waals surface area contributed by atoms with Gasteiger partial charge in [0.1, 0.15) is 0 Å². The summed E-state index contributed by atoms with van der Waals surface area (Å²) in [5, 5.41) is 9.25. The van der Waals surface area contributed by atoms with Crippen molar-refractivity contribution in [2.24, 2.45) is 11.8 Å². The zero-order chi connectivity index (χ0) is 38.6. The molecule has 0 saturated carbocycles. The molecule has 0 aromatic rings. The molecule has 0 fully saturated rings. The van der Waals surface area contributed by atoms with Crippen molar-refractivity contribution in [2.75, 3.05) is 19.5 Å². The highest BCUT2D eigenvalue weighted by Crippen LogP contribution is 2.24. The van der Waals surface area contributed by atoms with Gasteiger partial charge in [0.15, 0.2) is 0 Å². The lowest BCUT2D eigenvalue weighted by Gasteiger charge is -2.16. The minimum Gasteiger partial charge on any atom is -0.396 e. The Morgan fingerprint density at radius 1 is 0.365 bits per heavy atom. The number of unbranched alkanes of at least 4 members (excludes halogenated alkanes) is 28. The second-order valence-corrected chi connectivity index (χ2v) is 18.3. The van der Waals surface area contributed by atoms with Gasteiger partial charge in [0.25, 0.3) is 10.1 Å². The van der Waals surface area contributed by atoms with Crippen molar-refractivity contribution in [3.63, 3.8) is 0 Å². The fourth-order valence-corrected chi connectivity index (χ4v) is 8.08. The first kappa shape index (κ1) is 54.0. The van der Waals surface area contributed by atoms with Crippen LogP contribution in [-0.2, 0) is 14.3 Å². The lowest BCUT2D eigenvalue weighted by molar-refractivity contribution is 0.241. The van der Waals surface area contributed by atoms with Gasteiger partial charge in [-0.05, 0) is 24.7 Å². The maximum absolute atomic E-state index is 11.2. The van der Waals surface area contributed by atoms with Crippen LogP contribution in [0.1, 0.15) is 272 Å². The molecular formula is C47H98O4S. The Morgan fingerprint density at radius 3 is 0.827 bits per heavy atom. The molecule has 0 heterocycles. The summed E-state index contributed by atoms with van der Waals surface area (Å²) in [5.41, 5.74) is 0. The van der Waals surface area contributed by atoms with E-state index < -0.39 is 10.1 Å². The Labute approximate surface area is 329 Å². The van der Waals surface area contributed by atoms with Crippen molar-refractivity contribution in [1.82, 2.24) is 0 Å². The maximum Gasteiger partial charge on any atom is 0.264 e. The normalized spacial score (nSPS) is 12.9. The molecule has 0 aromatic carbocycles. The van der Waals surface area contributed by atoms with E-state index in [0.29, 0.717) is 19.1 Å². The summed E-state index contributed by atoms with van der Waals surface area (Å²) in [7, 11) is -3.30. The molecule has 0 aliphatic heterocycles. The highest BCUT2D eigenvalue weighted by molar-refractivity contribution is 7.85. The van der Waals surface area contributed by atoms with Crippen LogP contribution in [-0.4, -0.2) is 33.0 Å². The van der Waals surface area contributed by atoms with Crippen molar-refractivity contribution in [2.45, 2.75) is 272 Å². The van der Waals surface area contributed by atoms with E-state index >= 15 is 0 Å². The highest BCUT2D eigenvalue weighted by atomic mass is 32.2. The van der Waals surface area contributed by atoms with E-state index in [1.54, 1.807) is 0 Å². The molecule has 4 nitrogen and oxygen atoms in total. The second-order valence-electron chi connectivity index (χ2n) is 16.6. The van der Waals surface area contributed by atoms with Crippen molar-refractivity contribution in [1.29, 1.82) is 0 Å². The van der Waals surface area contributed by atoms with E-state index in [9.17, 15) is 13.5 Å². The molecule has 0 saturated heterocycles. The van der Waals surface area contributed by atoms with Gasteiger partial charge >= 0.3 is 0 Å². The van der Waals surface area contributed by atoms with Gasteiger partial charge in [-0.3, -0.25) is 4.18 Å². The topological polar surface area (TPSA) is 63.6 Å². The number of aliphatic hydroxyl groups is 1. The van der Waals surface area contributed by atoms with Crippen LogP contribution >= 0.6 is 0 Å². The minimum absolute atomic E-state index is 0.358. The molecule has 0 amide bonds. The lowest BCUT2D eigenvalue weighted by atomic mass is 9.92. The third kappa shape index (κ3) is 47.9. The van der Waals surface area contributed by atoms with Crippen molar-refractivity contribution in [3.05, 3.63) is 0 Å². The summed E-state index contributed by atoms with van der Waals surface area (Å²) in [5.74, 6) is 1.41. The molecule has 2 atom stereocenters. The molecule has 316 valence electrons. The lowest BCUT2D eigenvalue weighted by Crippen LogP contribution is -2.10. The molecule has 5 heteroatoms. The minimum atomic E-state index is -3.30. The Hall–Kier alpha value is -0.130. The van der Waals surface area contributed by atoms with Gasteiger partial charge in [0.05, 0.1) is 12.9 Å². The SMILES string of the molecule is CCCCCCCCCCCCC[C@@H](CCCCCCC)CCOS(C)(=O)=O.CCCCCCCCCCCCC[C@H](CCO)CCCCCCC. The van der Waals surface area contributed by atoms with Crippen LogP contribution < -0.4 is 0 Å². The van der Waals surface area contributed by atoms with Crippen LogP contribution in [0.2, 0.25) is 0 Å². The molecule has 1 N–H and O–H groups in total. The van der Waals surface area contributed by atoms with Crippen molar-refractivity contribution >= 4 is 10.1 Å². The molecule has 0 rings (SSSR count). The van der Waals surface area contributed by atoms with Crippen LogP contribution in [0.5, 0.6) is 0 Å². The Bertz CT molecular complexity index is 740. The van der Waals surface area contributed by atoms with Gasteiger partial charge < -0.3 is 5.11 Å². The second kappa shape index (κ2) is 45.3. The smallest absolute Gasteiger partial charge is 0.264 e. The predicted molar refractivity (Wildman–Crippen MR) is 233 cm³/mol. The van der Waals surface area contributed by atoms with Crippen LogP contribution in [0.15, 0.2) is 0 Å². The van der Waals surface area contributed by atoms with Crippen LogP contribution in [0.4, 0.5) is 0 Å². The standard InChI is InChI=1S/C24H50O3S.C23H48O/c1-4-6-8-10-11-12-13-14-15-17-19-21-24(20-18-16-9-7-5-2)22-23-27-28(3,25)26;1-3-5-7-9-10-11-12-13-14-16-18-20-23(21-22-24)19-17-15-8-6-4-2/h24H,4-23H2,1-3H3;23-24H,3-22H2,1-2H3/t24-;23-/m11/s1. The monoisotopic (exact) mass is 759 g/mol. The zero-order valence-corrected chi connectivity index (χ0v) is 37.3. The Balaban J connectivity index is 0. The number of hydrogen-bond acceptors (Lipinski definition) is 4. The van der Waals surface area contributed by atoms with Gasteiger partial charge in [-0.25, -0.2) is 0 Å². The number of rotatable bonds is 42. The van der Waals surface area contributed by atoms with E-state index in [1.165, 1.54) is 231 Å². The highest BCUT2D eigenvalue weighted by Gasteiger charge is 2.11. The van der Waals surface area contributed by atoms with E-state index in [-0.39, 0.29) is 0 Å². The van der Waals surface area contributed by atoms with E-state index in [2.05, 4.69) is 27.7 Å². The quantitative estimate of drug-likeness (QED) is 0.0497.